The zero-order valence-electron chi connectivity index (χ0n) is 20.9. The summed E-state index contributed by atoms with van der Waals surface area (Å²) in [4.78, 5) is 64.0. The van der Waals surface area contributed by atoms with Gasteiger partial charge in [-0.05, 0) is 42.1 Å². The summed E-state index contributed by atoms with van der Waals surface area (Å²) < 4.78 is 52.5. The highest BCUT2D eigenvalue weighted by Crippen LogP contribution is 2.64. The largest absolute Gasteiger partial charge is 0.471 e. The number of halogens is 5. The molecule has 2 aliphatic heterocycles. The van der Waals surface area contributed by atoms with Crippen molar-refractivity contribution >= 4 is 52.9 Å². The molecule has 0 aromatic heterocycles. The second-order valence-electron chi connectivity index (χ2n) is 10.2. The highest BCUT2D eigenvalue weighted by molar-refractivity contribution is 7.98. The molecule has 1 aliphatic carbocycles. The second-order valence-corrected chi connectivity index (χ2v) is 11.6. The van der Waals surface area contributed by atoms with E-state index in [9.17, 15) is 41.5 Å². The molecule has 214 valence electrons. The number of rotatable bonds is 9. The molecule has 0 aromatic rings. The van der Waals surface area contributed by atoms with Gasteiger partial charge in [-0.2, -0.15) is 24.9 Å². The zero-order valence-corrected chi connectivity index (χ0v) is 22.5. The molecule has 3 N–H and O–H groups in total. The normalized spacial score (nSPS) is 27.2. The predicted octanol–water partition coefficient (Wildman–Crippen LogP) is 0.800. The summed E-state index contributed by atoms with van der Waals surface area (Å²) in [6.07, 6.45) is -3.30. The highest BCUT2D eigenvalue weighted by Gasteiger charge is 2.69. The van der Waals surface area contributed by atoms with Gasteiger partial charge in [-0.25, -0.2) is 9.40 Å². The van der Waals surface area contributed by atoms with E-state index >= 15 is 0 Å². The van der Waals surface area contributed by atoms with Crippen LogP contribution in [-0.4, -0.2) is 95.0 Å². The summed E-state index contributed by atoms with van der Waals surface area (Å²) in [7, 11) is 0. The number of likely N-dealkylation sites (tertiary alicyclic amines) is 1. The van der Waals surface area contributed by atoms with Crippen LogP contribution in [0.15, 0.2) is 0 Å². The first-order chi connectivity index (χ1) is 17.6. The minimum Gasteiger partial charge on any atom is -0.356 e. The fourth-order valence-corrected chi connectivity index (χ4v) is 5.88. The highest BCUT2D eigenvalue weighted by atomic mass is 35.5. The summed E-state index contributed by atoms with van der Waals surface area (Å²) in [6, 6.07) is -2.74. The Hall–Kier alpha value is -2.29. The van der Waals surface area contributed by atoms with Crippen LogP contribution in [0.4, 0.5) is 17.6 Å². The van der Waals surface area contributed by atoms with E-state index < -0.39 is 64.8 Å². The molecular formula is C22H30ClF4N5O5S. The molecular weight excluding hydrogens is 558 g/mol. The molecule has 0 bridgehead atoms. The molecule has 3 fully saturated rings. The van der Waals surface area contributed by atoms with Gasteiger partial charge in [-0.3, -0.25) is 29.4 Å². The van der Waals surface area contributed by atoms with E-state index in [-0.39, 0.29) is 37.1 Å². The molecule has 2 heterocycles. The van der Waals surface area contributed by atoms with Crippen LogP contribution >= 0.6 is 23.4 Å². The smallest absolute Gasteiger partial charge is 0.356 e. The summed E-state index contributed by atoms with van der Waals surface area (Å²) in [5.74, 6) is -6.72. The van der Waals surface area contributed by atoms with Crippen molar-refractivity contribution in [1.29, 1.82) is 0 Å². The summed E-state index contributed by atoms with van der Waals surface area (Å²) in [6.45, 7) is 3.75. The molecule has 0 unspecified atom stereocenters. The van der Waals surface area contributed by atoms with E-state index in [4.69, 9.17) is 11.6 Å². The Morgan fingerprint density at radius 2 is 1.95 bits per heavy atom. The van der Waals surface area contributed by atoms with Crippen molar-refractivity contribution in [3.8, 4) is 0 Å². The summed E-state index contributed by atoms with van der Waals surface area (Å²) in [5, 5.41) is 4.91. The Morgan fingerprint density at radius 3 is 2.47 bits per heavy atom. The SMILES string of the molecule is CSCC[C@H](NC(=O)C(F)(F)F)C(=O)N1C[C@H]2[C@@H]([C@H]1C(=O)NN(C[C@@H]1CCNC1=O)C(=O)[C@H](F)Cl)C2(C)C. The minimum absolute atomic E-state index is 0.0481. The van der Waals surface area contributed by atoms with Gasteiger partial charge in [-0.1, -0.05) is 25.4 Å². The van der Waals surface area contributed by atoms with Crippen LogP contribution in [0.3, 0.4) is 0 Å². The Bertz CT molecular complexity index is 984. The third-order valence-corrected chi connectivity index (χ3v) is 8.33. The molecule has 1 saturated carbocycles. The van der Waals surface area contributed by atoms with Crippen molar-refractivity contribution in [2.45, 2.75) is 50.6 Å². The van der Waals surface area contributed by atoms with E-state index in [1.165, 1.54) is 11.8 Å². The Labute approximate surface area is 225 Å². The number of alkyl halides is 5. The topological polar surface area (TPSA) is 128 Å². The van der Waals surface area contributed by atoms with Gasteiger partial charge >= 0.3 is 12.1 Å². The lowest BCUT2D eigenvalue weighted by molar-refractivity contribution is -0.175. The van der Waals surface area contributed by atoms with Crippen molar-refractivity contribution < 1.29 is 41.5 Å². The van der Waals surface area contributed by atoms with Gasteiger partial charge in [0, 0.05) is 13.1 Å². The molecule has 38 heavy (non-hydrogen) atoms. The number of nitrogens with zero attached hydrogens (tertiary/aromatic N) is 2. The number of carbonyl (C=O) groups is 5. The standard InChI is InChI=1S/C22H30ClF4N5O5S/c1-21(2)11-9-31(18(35)12(5-7-38-3)29-20(37)22(25,26)27)14(13(11)21)17(34)30-32(19(36)15(23)24)8-10-4-6-28-16(10)33/h10-15H,4-9H2,1-3H3,(H,28,33)(H,29,37)(H,30,34)/t10-,11-,12-,13-,14-,15-/m0/s1. The van der Waals surface area contributed by atoms with Crippen LogP contribution in [0.1, 0.15) is 26.7 Å². The molecule has 10 nitrogen and oxygen atoms in total. The number of nitrogens with one attached hydrogen (secondary N) is 3. The van der Waals surface area contributed by atoms with Crippen LogP contribution in [0, 0.1) is 23.2 Å². The maximum absolute atomic E-state index is 13.7. The van der Waals surface area contributed by atoms with E-state index in [1.807, 2.05) is 13.8 Å². The lowest BCUT2D eigenvalue weighted by atomic mass is 9.99. The van der Waals surface area contributed by atoms with Crippen LogP contribution in [0.25, 0.3) is 0 Å². The first kappa shape index (κ1) is 30.3. The van der Waals surface area contributed by atoms with Gasteiger partial charge in [0.1, 0.15) is 12.1 Å². The van der Waals surface area contributed by atoms with Crippen molar-refractivity contribution in [3.63, 3.8) is 0 Å². The quantitative estimate of drug-likeness (QED) is 0.208. The Balaban J connectivity index is 1.83. The molecule has 5 amide bonds. The number of hydrogen-bond donors (Lipinski definition) is 3. The van der Waals surface area contributed by atoms with Gasteiger partial charge in [-0.15, -0.1) is 0 Å². The number of carbonyl (C=O) groups excluding carboxylic acids is 5. The van der Waals surface area contributed by atoms with Gasteiger partial charge in [0.05, 0.1) is 12.5 Å². The van der Waals surface area contributed by atoms with Crippen LogP contribution in [0.2, 0.25) is 0 Å². The van der Waals surface area contributed by atoms with Crippen LogP contribution in [0.5, 0.6) is 0 Å². The molecule has 2 saturated heterocycles. The lowest BCUT2D eigenvalue weighted by Gasteiger charge is -2.34. The van der Waals surface area contributed by atoms with E-state index in [0.717, 1.165) is 4.90 Å². The predicted molar refractivity (Wildman–Crippen MR) is 129 cm³/mol. The number of amides is 5. The molecule has 16 heteroatoms. The average molecular weight is 588 g/mol. The minimum atomic E-state index is -5.21. The van der Waals surface area contributed by atoms with E-state index in [0.29, 0.717) is 18.0 Å². The maximum Gasteiger partial charge on any atom is 0.471 e. The van der Waals surface area contributed by atoms with Gasteiger partial charge < -0.3 is 15.5 Å². The number of hydrazine groups is 1. The van der Waals surface area contributed by atoms with Gasteiger partial charge in [0.15, 0.2) is 0 Å². The first-order valence-corrected chi connectivity index (χ1v) is 13.8. The lowest BCUT2D eigenvalue weighted by Crippen LogP contribution is -2.60. The van der Waals surface area contributed by atoms with Gasteiger partial charge in [0.25, 0.3) is 17.4 Å². The molecule has 0 spiro atoms. The molecule has 6 atom stereocenters. The molecule has 3 rings (SSSR count). The molecule has 3 aliphatic rings. The van der Waals surface area contributed by atoms with Crippen LogP contribution in [-0.2, 0) is 24.0 Å². The van der Waals surface area contributed by atoms with Gasteiger partial charge in [0.2, 0.25) is 11.8 Å². The Kier molecular flexibility index (Phi) is 9.11. The van der Waals surface area contributed by atoms with Crippen LogP contribution < -0.4 is 16.1 Å². The van der Waals surface area contributed by atoms with E-state index in [2.05, 4.69) is 10.7 Å². The number of thioether (sulfide) groups is 1. The fraction of sp³-hybridized carbons (Fsp3) is 0.773. The number of fused-ring (bicyclic) bond motifs is 1. The summed E-state index contributed by atoms with van der Waals surface area (Å²) >= 11 is 6.58. The van der Waals surface area contributed by atoms with E-state index in [1.54, 1.807) is 11.6 Å². The monoisotopic (exact) mass is 587 g/mol. The Morgan fingerprint density at radius 1 is 1.29 bits per heavy atom. The number of hydrogen-bond acceptors (Lipinski definition) is 6. The van der Waals surface area contributed by atoms with Crippen molar-refractivity contribution in [2.24, 2.45) is 23.2 Å². The zero-order chi connectivity index (χ0) is 28.6. The fourth-order valence-electron chi connectivity index (χ4n) is 5.29. The number of piperidine rings is 1. The molecule has 0 radical (unpaired) electrons. The average Bonchev–Trinajstić information content (AvgIpc) is 3.19. The third-order valence-electron chi connectivity index (χ3n) is 7.50. The van der Waals surface area contributed by atoms with Crippen molar-refractivity contribution in [2.75, 3.05) is 31.6 Å². The summed E-state index contributed by atoms with van der Waals surface area (Å²) in [5.41, 5.74) is -0.616. The third kappa shape index (κ3) is 6.29. The van der Waals surface area contributed by atoms with Crippen molar-refractivity contribution in [1.82, 2.24) is 26.0 Å². The second kappa shape index (κ2) is 11.4. The molecule has 0 aromatic carbocycles. The first-order valence-electron chi connectivity index (χ1n) is 12.0. The van der Waals surface area contributed by atoms with Crippen molar-refractivity contribution in [3.05, 3.63) is 0 Å². The maximum atomic E-state index is 13.7.